The van der Waals surface area contributed by atoms with Crippen LogP contribution in [0.4, 0.5) is 0 Å². The van der Waals surface area contributed by atoms with E-state index in [1.54, 1.807) is 0 Å². The SMILES string of the molecule is Br.NN=CN(N)CC(=O)O. The molecule has 0 aromatic heterocycles. The Balaban J connectivity index is 0. The molecule has 0 aromatic carbocycles. The lowest BCUT2D eigenvalue weighted by Gasteiger charge is -2.06. The molecule has 0 saturated carbocycles. The second kappa shape index (κ2) is 6.30. The first kappa shape index (κ1) is 11.9. The van der Waals surface area contributed by atoms with Gasteiger partial charge in [-0.1, -0.05) is 0 Å². The first-order valence-electron chi connectivity index (χ1n) is 2.13. The zero-order valence-electron chi connectivity index (χ0n) is 5.10. The van der Waals surface area contributed by atoms with Crippen LogP contribution in [0.25, 0.3) is 0 Å². The van der Waals surface area contributed by atoms with Crippen molar-refractivity contribution >= 4 is 29.3 Å². The Bertz CT molecular complexity index is 128. The minimum Gasteiger partial charge on any atom is -0.480 e. The largest absolute Gasteiger partial charge is 0.480 e. The van der Waals surface area contributed by atoms with Crippen LogP contribution in [0.3, 0.4) is 0 Å². The number of carboxylic acids is 1. The van der Waals surface area contributed by atoms with Crippen molar-refractivity contribution in [2.24, 2.45) is 16.8 Å². The summed E-state index contributed by atoms with van der Waals surface area (Å²) < 4.78 is 0. The summed E-state index contributed by atoms with van der Waals surface area (Å²) in [6.45, 7) is -0.305. The number of hydrogen-bond acceptors (Lipinski definition) is 4. The Labute approximate surface area is 68.2 Å². The highest BCUT2D eigenvalue weighted by atomic mass is 79.9. The van der Waals surface area contributed by atoms with E-state index in [1.807, 2.05) is 0 Å². The van der Waals surface area contributed by atoms with Gasteiger partial charge in [-0.25, -0.2) is 5.84 Å². The van der Waals surface area contributed by atoms with Crippen molar-refractivity contribution in [3.8, 4) is 0 Å². The van der Waals surface area contributed by atoms with Gasteiger partial charge in [0.25, 0.3) is 0 Å². The topological polar surface area (TPSA) is 105 Å². The minimum atomic E-state index is -1.03. The molecule has 10 heavy (non-hydrogen) atoms. The van der Waals surface area contributed by atoms with Crippen LogP contribution in [-0.4, -0.2) is 29.0 Å². The lowest BCUT2D eigenvalue weighted by molar-refractivity contribution is -0.137. The van der Waals surface area contributed by atoms with E-state index >= 15 is 0 Å². The Morgan fingerprint density at radius 3 is 2.60 bits per heavy atom. The number of hydrogen-bond donors (Lipinski definition) is 3. The third-order valence-electron chi connectivity index (χ3n) is 0.533. The van der Waals surface area contributed by atoms with Gasteiger partial charge in [0.2, 0.25) is 0 Å². The van der Waals surface area contributed by atoms with E-state index in [0.29, 0.717) is 0 Å². The van der Waals surface area contributed by atoms with Crippen LogP contribution >= 0.6 is 17.0 Å². The fourth-order valence-electron chi connectivity index (χ4n) is 0.283. The van der Waals surface area contributed by atoms with Crippen LogP contribution in [0.1, 0.15) is 0 Å². The van der Waals surface area contributed by atoms with Crippen molar-refractivity contribution in [1.29, 1.82) is 0 Å². The van der Waals surface area contributed by atoms with Gasteiger partial charge in [-0.15, -0.1) is 17.0 Å². The van der Waals surface area contributed by atoms with E-state index in [4.69, 9.17) is 10.9 Å². The van der Waals surface area contributed by atoms with Crippen LogP contribution in [0, 0.1) is 0 Å². The summed E-state index contributed by atoms with van der Waals surface area (Å²) in [7, 11) is 0. The van der Waals surface area contributed by atoms with Crippen molar-refractivity contribution < 1.29 is 9.90 Å². The number of nitrogens with zero attached hydrogens (tertiary/aromatic N) is 2. The van der Waals surface area contributed by atoms with Gasteiger partial charge in [0.1, 0.15) is 12.9 Å². The molecule has 0 heterocycles. The molecule has 0 radical (unpaired) electrons. The van der Waals surface area contributed by atoms with E-state index in [-0.39, 0.29) is 23.5 Å². The van der Waals surface area contributed by atoms with Gasteiger partial charge in [-0.3, -0.25) is 9.80 Å². The molecular formula is C3H9BrN4O2. The summed E-state index contributed by atoms with van der Waals surface area (Å²) in [5, 5.41) is 12.0. The number of nitrogens with two attached hydrogens (primary N) is 2. The fourth-order valence-corrected chi connectivity index (χ4v) is 0.283. The Morgan fingerprint density at radius 1 is 1.80 bits per heavy atom. The van der Waals surface area contributed by atoms with Gasteiger partial charge >= 0.3 is 5.97 Å². The highest BCUT2D eigenvalue weighted by Gasteiger charge is 1.98. The van der Waals surface area contributed by atoms with Gasteiger partial charge in [0.05, 0.1) is 0 Å². The molecule has 0 fully saturated rings. The lowest BCUT2D eigenvalue weighted by atomic mass is 10.6. The Kier molecular flexibility index (Phi) is 7.51. The summed E-state index contributed by atoms with van der Waals surface area (Å²) in [4.78, 5) is 9.86. The molecule has 0 spiro atoms. The number of carboxylic acid groups (broad SMARTS) is 1. The predicted molar refractivity (Wildman–Crippen MR) is 41.5 cm³/mol. The minimum absolute atomic E-state index is 0. The Hall–Kier alpha value is -0.820. The molecule has 0 atom stereocenters. The number of carbonyl (C=O) groups is 1. The third-order valence-corrected chi connectivity index (χ3v) is 0.533. The average Bonchev–Trinajstić information content (AvgIpc) is 1.63. The first-order valence-corrected chi connectivity index (χ1v) is 2.13. The maximum absolute atomic E-state index is 9.86. The quantitative estimate of drug-likeness (QED) is 0.234. The van der Waals surface area contributed by atoms with Gasteiger partial charge < -0.3 is 10.9 Å². The van der Waals surface area contributed by atoms with Crippen LogP contribution in [0.2, 0.25) is 0 Å². The van der Waals surface area contributed by atoms with Crippen LogP contribution in [-0.2, 0) is 4.79 Å². The summed E-state index contributed by atoms with van der Waals surface area (Å²) >= 11 is 0. The van der Waals surface area contributed by atoms with Crippen molar-refractivity contribution in [3.05, 3.63) is 0 Å². The molecule has 7 heteroatoms. The summed E-state index contributed by atoms with van der Waals surface area (Å²) in [5.74, 6) is 8.64. The molecule has 0 aliphatic carbocycles. The predicted octanol–water partition coefficient (Wildman–Crippen LogP) is -1.27. The fraction of sp³-hybridized carbons (Fsp3) is 0.333. The molecule has 0 aromatic rings. The molecule has 60 valence electrons. The second-order valence-electron chi connectivity index (χ2n) is 1.33. The highest BCUT2D eigenvalue weighted by molar-refractivity contribution is 8.93. The molecule has 5 N–H and O–H groups in total. The molecule has 0 amide bonds. The number of rotatable bonds is 3. The van der Waals surface area contributed by atoms with E-state index in [2.05, 4.69) is 10.9 Å². The van der Waals surface area contributed by atoms with E-state index in [0.717, 1.165) is 11.3 Å². The maximum atomic E-state index is 9.86. The number of hydrazone groups is 1. The smallest absolute Gasteiger partial charge is 0.324 e. The van der Waals surface area contributed by atoms with E-state index in [9.17, 15) is 4.79 Å². The lowest BCUT2D eigenvalue weighted by Crippen LogP contribution is -2.34. The molecule has 0 aliphatic rings. The molecule has 0 aliphatic heterocycles. The van der Waals surface area contributed by atoms with Crippen LogP contribution in [0.5, 0.6) is 0 Å². The summed E-state index contributed by atoms with van der Waals surface area (Å²) in [5.41, 5.74) is 0. The zero-order chi connectivity index (χ0) is 7.28. The summed E-state index contributed by atoms with van der Waals surface area (Å²) in [6, 6.07) is 0. The third kappa shape index (κ3) is 7.18. The number of aliphatic carboxylic acids is 1. The molecular weight excluding hydrogens is 204 g/mol. The number of hydrazine groups is 1. The van der Waals surface area contributed by atoms with Crippen molar-refractivity contribution in [2.45, 2.75) is 0 Å². The molecule has 0 unspecified atom stereocenters. The highest BCUT2D eigenvalue weighted by Crippen LogP contribution is 1.68. The first-order chi connectivity index (χ1) is 4.16. The molecule has 0 saturated heterocycles. The zero-order valence-corrected chi connectivity index (χ0v) is 6.81. The van der Waals surface area contributed by atoms with E-state index in [1.165, 1.54) is 0 Å². The van der Waals surface area contributed by atoms with Crippen LogP contribution in [0.15, 0.2) is 5.10 Å². The maximum Gasteiger partial charge on any atom is 0.324 e. The van der Waals surface area contributed by atoms with Crippen molar-refractivity contribution in [3.63, 3.8) is 0 Å². The molecule has 0 bridgehead atoms. The summed E-state index contributed by atoms with van der Waals surface area (Å²) in [6.07, 6.45) is 1.02. The molecule has 6 nitrogen and oxygen atoms in total. The van der Waals surface area contributed by atoms with Crippen molar-refractivity contribution in [1.82, 2.24) is 5.01 Å². The average molecular weight is 213 g/mol. The van der Waals surface area contributed by atoms with E-state index < -0.39 is 5.97 Å². The van der Waals surface area contributed by atoms with Gasteiger partial charge in [0, 0.05) is 0 Å². The van der Waals surface area contributed by atoms with Gasteiger partial charge in [-0.2, -0.15) is 5.10 Å². The molecule has 0 rings (SSSR count). The normalized spacial score (nSPS) is 8.90. The number of halogens is 1. The van der Waals surface area contributed by atoms with Gasteiger partial charge in [-0.05, 0) is 0 Å². The standard InChI is InChI=1S/C3H8N4O2.BrH/c4-6-2-7(5)1-3(8)9;/h2H,1,4-5H2,(H,8,9);1H. The monoisotopic (exact) mass is 212 g/mol. The Morgan fingerprint density at radius 2 is 2.30 bits per heavy atom. The van der Waals surface area contributed by atoms with Gasteiger partial charge in [0.15, 0.2) is 0 Å². The van der Waals surface area contributed by atoms with Crippen molar-refractivity contribution in [2.75, 3.05) is 6.54 Å². The van der Waals surface area contributed by atoms with Crippen LogP contribution < -0.4 is 11.7 Å². The second-order valence-corrected chi connectivity index (χ2v) is 1.33.